The fourth-order valence-corrected chi connectivity index (χ4v) is 1.51. The van der Waals surface area contributed by atoms with Gasteiger partial charge in [0.05, 0.1) is 12.5 Å². The molecule has 1 fully saturated rings. The highest BCUT2D eigenvalue weighted by Gasteiger charge is 2.24. The summed E-state index contributed by atoms with van der Waals surface area (Å²) in [4.78, 5) is 24.0. The number of carbonyl (C=O) groups is 2. The average molecular weight is 205 g/mol. The lowest BCUT2D eigenvalue weighted by atomic mass is 10.3. The van der Waals surface area contributed by atoms with E-state index in [-0.39, 0.29) is 11.8 Å². The fourth-order valence-electron chi connectivity index (χ4n) is 1.51. The average Bonchev–Trinajstić information content (AvgIpc) is 2.84. The highest BCUT2D eigenvalue weighted by molar-refractivity contribution is 6.03. The van der Waals surface area contributed by atoms with E-state index < -0.39 is 0 Å². The Labute approximate surface area is 87.2 Å². The second-order valence-corrected chi connectivity index (χ2v) is 3.38. The van der Waals surface area contributed by atoms with E-state index in [4.69, 9.17) is 4.42 Å². The molecule has 2 heterocycles. The SMILES string of the molecule is O=C(/C=C/c1ccoc1)N1CCCC1=O. The van der Waals surface area contributed by atoms with Crippen LogP contribution in [-0.2, 0) is 9.59 Å². The molecule has 1 aromatic rings. The quantitative estimate of drug-likeness (QED) is 0.686. The predicted molar refractivity (Wildman–Crippen MR) is 53.7 cm³/mol. The summed E-state index contributed by atoms with van der Waals surface area (Å²) in [7, 11) is 0. The van der Waals surface area contributed by atoms with Crippen LogP contribution >= 0.6 is 0 Å². The van der Waals surface area contributed by atoms with E-state index in [0.717, 1.165) is 12.0 Å². The summed E-state index contributed by atoms with van der Waals surface area (Å²) in [5.41, 5.74) is 0.815. The van der Waals surface area contributed by atoms with Crippen molar-refractivity contribution in [1.29, 1.82) is 0 Å². The second-order valence-electron chi connectivity index (χ2n) is 3.38. The van der Waals surface area contributed by atoms with E-state index in [1.54, 1.807) is 12.1 Å². The number of imide groups is 1. The molecule has 0 unspecified atom stereocenters. The molecule has 1 aliphatic heterocycles. The van der Waals surface area contributed by atoms with Gasteiger partial charge in [-0.15, -0.1) is 0 Å². The topological polar surface area (TPSA) is 50.5 Å². The molecule has 0 aliphatic carbocycles. The van der Waals surface area contributed by atoms with E-state index in [9.17, 15) is 9.59 Å². The Balaban J connectivity index is 2.00. The molecule has 4 nitrogen and oxygen atoms in total. The monoisotopic (exact) mass is 205 g/mol. The van der Waals surface area contributed by atoms with Gasteiger partial charge in [-0.25, -0.2) is 0 Å². The van der Waals surface area contributed by atoms with Crippen molar-refractivity contribution in [2.45, 2.75) is 12.8 Å². The minimum absolute atomic E-state index is 0.0863. The zero-order valence-electron chi connectivity index (χ0n) is 8.18. The molecule has 1 aromatic heterocycles. The smallest absolute Gasteiger partial charge is 0.253 e. The number of nitrogens with zero attached hydrogens (tertiary/aromatic N) is 1. The lowest BCUT2D eigenvalue weighted by Gasteiger charge is -2.09. The maximum atomic E-state index is 11.5. The number of rotatable bonds is 2. The molecule has 0 atom stereocenters. The molecule has 0 saturated carbocycles. The van der Waals surface area contributed by atoms with Gasteiger partial charge in [0.15, 0.2) is 0 Å². The lowest BCUT2D eigenvalue weighted by molar-refractivity contribution is -0.138. The van der Waals surface area contributed by atoms with Gasteiger partial charge in [-0.1, -0.05) is 0 Å². The van der Waals surface area contributed by atoms with Crippen molar-refractivity contribution in [2.24, 2.45) is 0 Å². The van der Waals surface area contributed by atoms with Crippen LogP contribution in [0.2, 0.25) is 0 Å². The number of hydrogen-bond donors (Lipinski definition) is 0. The summed E-state index contributed by atoms with van der Waals surface area (Å²) in [6, 6.07) is 1.75. The molecule has 4 heteroatoms. The van der Waals surface area contributed by atoms with E-state index in [1.165, 1.54) is 23.5 Å². The van der Waals surface area contributed by atoms with Gasteiger partial charge in [0.2, 0.25) is 5.91 Å². The summed E-state index contributed by atoms with van der Waals surface area (Å²) in [6.45, 7) is 0.535. The Bertz CT molecular complexity index is 392. The van der Waals surface area contributed by atoms with Crippen molar-refractivity contribution in [3.8, 4) is 0 Å². The normalized spacial score (nSPS) is 16.5. The number of carbonyl (C=O) groups excluding carboxylic acids is 2. The summed E-state index contributed by atoms with van der Waals surface area (Å²) in [5, 5.41) is 0. The molecular weight excluding hydrogens is 194 g/mol. The van der Waals surface area contributed by atoms with E-state index in [1.807, 2.05) is 0 Å². The van der Waals surface area contributed by atoms with Gasteiger partial charge in [-0.3, -0.25) is 14.5 Å². The Morgan fingerprint density at radius 3 is 3.00 bits per heavy atom. The van der Waals surface area contributed by atoms with Crippen LogP contribution < -0.4 is 0 Å². The Morgan fingerprint density at radius 1 is 1.53 bits per heavy atom. The maximum absolute atomic E-state index is 11.5. The third-order valence-electron chi connectivity index (χ3n) is 2.30. The van der Waals surface area contributed by atoms with Crippen LogP contribution in [0, 0.1) is 0 Å². The van der Waals surface area contributed by atoms with Crippen LogP contribution in [0.5, 0.6) is 0 Å². The number of likely N-dealkylation sites (tertiary alicyclic amines) is 1. The minimum Gasteiger partial charge on any atom is -0.472 e. The van der Waals surface area contributed by atoms with Crippen LogP contribution in [-0.4, -0.2) is 23.3 Å². The van der Waals surface area contributed by atoms with Crippen LogP contribution in [0.4, 0.5) is 0 Å². The first-order valence-corrected chi connectivity index (χ1v) is 4.82. The summed E-state index contributed by atoms with van der Waals surface area (Å²) >= 11 is 0. The van der Waals surface area contributed by atoms with E-state index >= 15 is 0 Å². The zero-order chi connectivity index (χ0) is 10.7. The molecular formula is C11H11NO3. The van der Waals surface area contributed by atoms with E-state index in [2.05, 4.69) is 0 Å². The van der Waals surface area contributed by atoms with Crippen molar-refractivity contribution in [3.63, 3.8) is 0 Å². The Kier molecular flexibility index (Phi) is 2.67. The molecule has 1 aliphatic rings. The molecule has 0 radical (unpaired) electrons. The molecule has 2 rings (SSSR count). The molecule has 0 bridgehead atoms. The lowest BCUT2D eigenvalue weighted by Crippen LogP contribution is -2.30. The van der Waals surface area contributed by atoms with Crippen molar-refractivity contribution < 1.29 is 14.0 Å². The minimum atomic E-state index is -0.251. The molecule has 0 aromatic carbocycles. The first kappa shape index (κ1) is 9.71. The van der Waals surface area contributed by atoms with E-state index in [0.29, 0.717) is 13.0 Å². The van der Waals surface area contributed by atoms with Gasteiger partial charge in [-0.05, 0) is 18.6 Å². The number of hydrogen-bond acceptors (Lipinski definition) is 3. The molecule has 2 amide bonds. The first-order chi connectivity index (χ1) is 7.27. The highest BCUT2D eigenvalue weighted by atomic mass is 16.3. The molecule has 1 saturated heterocycles. The second kappa shape index (κ2) is 4.13. The van der Waals surface area contributed by atoms with Crippen molar-refractivity contribution in [1.82, 2.24) is 4.90 Å². The molecule has 78 valence electrons. The summed E-state index contributed by atoms with van der Waals surface area (Å²) in [5.74, 6) is -0.337. The van der Waals surface area contributed by atoms with Crippen molar-refractivity contribution in [2.75, 3.05) is 6.54 Å². The number of furan rings is 1. The van der Waals surface area contributed by atoms with Gasteiger partial charge in [0, 0.05) is 24.6 Å². The summed E-state index contributed by atoms with van der Waals surface area (Å²) < 4.78 is 4.85. The maximum Gasteiger partial charge on any atom is 0.253 e. The largest absolute Gasteiger partial charge is 0.472 e. The third-order valence-corrected chi connectivity index (χ3v) is 2.30. The van der Waals surface area contributed by atoms with Gasteiger partial charge in [0.25, 0.3) is 5.91 Å². The standard InChI is InChI=1S/C11H11NO3/c13-10-2-1-6-12(10)11(14)4-3-9-5-7-15-8-9/h3-5,7-8H,1-2,6H2/b4-3+. The number of amides is 2. The predicted octanol–water partition coefficient (Wildman–Crippen LogP) is 1.44. The summed E-state index contributed by atoms with van der Waals surface area (Å²) in [6.07, 6.45) is 7.35. The molecule has 0 N–H and O–H groups in total. The van der Waals surface area contributed by atoms with Gasteiger partial charge in [0.1, 0.15) is 0 Å². The Hall–Kier alpha value is -1.84. The fraction of sp³-hybridized carbons (Fsp3) is 0.273. The van der Waals surface area contributed by atoms with Crippen molar-refractivity contribution in [3.05, 3.63) is 30.2 Å². The van der Waals surface area contributed by atoms with Gasteiger partial charge in [-0.2, -0.15) is 0 Å². The van der Waals surface area contributed by atoms with Crippen LogP contribution in [0.15, 0.2) is 29.1 Å². The van der Waals surface area contributed by atoms with Crippen LogP contribution in [0.3, 0.4) is 0 Å². The molecule has 15 heavy (non-hydrogen) atoms. The first-order valence-electron chi connectivity index (χ1n) is 4.82. The zero-order valence-corrected chi connectivity index (χ0v) is 8.18. The third kappa shape index (κ3) is 2.15. The van der Waals surface area contributed by atoms with Crippen LogP contribution in [0.1, 0.15) is 18.4 Å². The van der Waals surface area contributed by atoms with Crippen LogP contribution in [0.25, 0.3) is 6.08 Å². The van der Waals surface area contributed by atoms with Crippen molar-refractivity contribution >= 4 is 17.9 Å². The highest BCUT2D eigenvalue weighted by Crippen LogP contribution is 2.11. The molecule has 0 spiro atoms. The van der Waals surface area contributed by atoms with Gasteiger partial charge < -0.3 is 4.42 Å². The van der Waals surface area contributed by atoms with Gasteiger partial charge >= 0.3 is 0 Å². The Morgan fingerprint density at radius 2 is 2.40 bits per heavy atom.